The SMILES string of the molecule is Cc1ncsc1CCN(C)C1CCC(C)(C)C1. The summed E-state index contributed by atoms with van der Waals surface area (Å²) in [5.41, 5.74) is 3.73. The molecule has 1 atom stereocenters. The third kappa shape index (κ3) is 3.29. The minimum absolute atomic E-state index is 0.555. The predicted octanol–water partition coefficient (Wildman–Crippen LogP) is 3.50. The van der Waals surface area contributed by atoms with Gasteiger partial charge in [-0.15, -0.1) is 11.3 Å². The van der Waals surface area contributed by atoms with Gasteiger partial charge in [0.1, 0.15) is 0 Å². The van der Waals surface area contributed by atoms with Gasteiger partial charge in [-0.25, -0.2) is 4.98 Å². The Balaban J connectivity index is 1.82. The van der Waals surface area contributed by atoms with Gasteiger partial charge in [-0.05, 0) is 45.1 Å². The molecular weight excluding hydrogens is 228 g/mol. The highest BCUT2D eigenvalue weighted by molar-refractivity contribution is 7.09. The predicted molar refractivity (Wildman–Crippen MR) is 74.6 cm³/mol. The summed E-state index contributed by atoms with van der Waals surface area (Å²) in [6, 6.07) is 0.790. The van der Waals surface area contributed by atoms with E-state index in [-0.39, 0.29) is 0 Å². The highest BCUT2D eigenvalue weighted by Gasteiger charge is 2.32. The molecule has 0 saturated heterocycles. The molecule has 1 aliphatic carbocycles. The van der Waals surface area contributed by atoms with E-state index in [1.165, 1.54) is 36.4 Å². The zero-order valence-electron chi connectivity index (χ0n) is 11.5. The van der Waals surface area contributed by atoms with E-state index in [2.05, 4.69) is 37.7 Å². The zero-order chi connectivity index (χ0) is 12.5. The molecule has 2 rings (SSSR count). The highest BCUT2D eigenvalue weighted by Crippen LogP contribution is 2.38. The van der Waals surface area contributed by atoms with Crippen molar-refractivity contribution in [2.24, 2.45) is 5.41 Å². The number of thiazole rings is 1. The van der Waals surface area contributed by atoms with Crippen molar-refractivity contribution in [3.8, 4) is 0 Å². The van der Waals surface area contributed by atoms with Crippen molar-refractivity contribution in [1.82, 2.24) is 9.88 Å². The van der Waals surface area contributed by atoms with Crippen molar-refractivity contribution in [2.45, 2.75) is 52.5 Å². The number of aryl methyl sites for hydroxylation is 1. The minimum Gasteiger partial charge on any atom is -0.303 e. The summed E-state index contributed by atoms with van der Waals surface area (Å²) < 4.78 is 0. The topological polar surface area (TPSA) is 16.1 Å². The summed E-state index contributed by atoms with van der Waals surface area (Å²) in [7, 11) is 2.28. The zero-order valence-corrected chi connectivity index (χ0v) is 12.3. The lowest BCUT2D eigenvalue weighted by molar-refractivity contribution is 0.230. The van der Waals surface area contributed by atoms with Crippen molar-refractivity contribution in [2.75, 3.05) is 13.6 Å². The molecule has 0 bridgehead atoms. The van der Waals surface area contributed by atoms with Gasteiger partial charge in [-0.3, -0.25) is 0 Å². The minimum atomic E-state index is 0.555. The smallest absolute Gasteiger partial charge is 0.0797 e. The molecule has 0 spiro atoms. The summed E-state index contributed by atoms with van der Waals surface area (Å²) in [5, 5.41) is 0. The monoisotopic (exact) mass is 252 g/mol. The second kappa shape index (κ2) is 5.07. The number of hydrogen-bond donors (Lipinski definition) is 0. The molecule has 1 saturated carbocycles. The van der Waals surface area contributed by atoms with E-state index < -0.39 is 0 Å². The number of rotatable bonds is 4. The Kier molecular flexibility index (Phi) is 3.88. The van der Waals surface area contributed by atoms with Crippen molar-refractivity contribution < 1.29 is 0 Å². The van der Waals surface area contributed by atoms with Crippen molar-refractivity contribution >= 4 is 11.3 Å². The summed E-state index contributed by atoms with van der Waals surface area (Å²) >= 11 is 1.80. The van der Waals surface area contributed by atoms with Gasteiger partial charge in [0, 0.05) is 17.5 Å². The summed E-state index contributed by atoms with van der Waals surface area (Å²) in [4.78, 5) is 8.32. The van der Waals surface area contributed by atoms with Gasteiger partial charge in [-0.1, -0.05) is 13.8 Å². The fourth-order valence-corrected chi connectivity index (χ4v) is 3.57. The highest BCUT2D eigenvalue weighted by atomic mass is 32.1. The molecule has 1 unspecified atom stereocenters. The van der Waals surface area contributed by atoms with Crippen molar-refractivity contribution in [3.63, 3.8) is 0 Å². The Morgan fingerprint density at radius 3 is 2.82 bits per heavy atom. The summed E-state index contributed by atoms with van der Waals surface area (Å²) in [6.45, 7) is 8.08. The molecular formula is C14H24N2S. The molecule has 0 aliphatic heterocycles. The summed E-state index contributed by atoms with van der Waals surface area (Å²) in [6.07, 6.45) is 5.25. The van der Waals surface area contributed by atoms with Gasteiger partial charge in [-0.2, -0.15) is 0 Å². The lowest BCUT2D eigenvalue weighted by atomic mass is 9.91. The Hall–Kier alpha value is -0.410. The van der Waals surface area contributed by atoms with Crippen LogP contribution in [0.5, 0.6) is 0 Å². The van der Waals surface area contributed by atoms with Gasteiger partial charge >= 0.3 is 0 Å². The van der Waals surface area contributed by atoms with Crippen LogP contribution >= 0.6 is 11.3 Å². The van der Waals surface area contributed by atoms with E-state index >= 15 is 0 Å². The maximum absolute atomic E-state index is 4.32. The maximum Gasteiger partial charge on any atom is 0.0797 e. The van der Waals surface area contributed by atoms with E-state index in [0.29, 0.717) is 5.41 Å². The van der Waals surface area contributed by atoms with Crippen LogP contribution in [0.25, 0.3) is 0 Å². The Morgan fingerprint density at radius 2 is 2.29 bits per heavy atom. The average Bonchev–Trinajstić information content (AvgIpc) is 2.81. The summed E-state index contributed by atoms with van der Waals surface area (Å²) in [5.74, 6) is 0. The molecule has 17 heavy (non-hydrogen) atoms. The average molecular weight is 252 g/mol. The van der Waals surface area contributed by atoms with Crippen LogP contribution in [-0.4, -0.2) is 29.5 Å². The van der Waals surface area contributed by atoms with Crippen molar-refractivity contribution in [3.05, 3.63) is 16.1 Å². The first-order valence-corrected chi connectivity index (χ1v) is 7.45. The van der Waals surface area contributed by atoms with Crippen LogP contribution in [0.15, 0.2) is 5.51 Å². The largest absolute Gasteiger partial charge is 0.303 e. The molecule has 1 aliphatic rings. The van der Waals surface area contributed by atoms with Crippen LogP contribution in [0.4, 0.5) is 0 Å². The molecule has 0 aromatic carbocycles. The van der Waals surface area contributed by atoms with Crippen LogP contribution in [0.2, 0.25) is 0 Å². The third-order valence-electron chi connectivity index (χ3n) is 4.10. The molecule has 3 heteroatoms. The molecule has 1 heterocycles. The van der Waals surface area contributed by atoms with Gasteiger partial charge < -0.3 is 4.90 Å². The van der Waals surface area contributed by atoms with Crippen molar-refractivity contribution in [1.29, 1.82) is 0 Å². The number of aromatic nitrogens is 1. The maximum atomic E-state index is 4.32. The third-order valence-corrected chi connectivity index (χ3v) is 5.10. The standard InChI is InChI=1S/C14H24N2S/c1-11-13(17-10-15-11)6-8-16(4)12-5-7-14(2,3)9-12/h10,12H,5-9H2,1-4H3. The van der Waals surface area contributed by atoms with E-state index in [4.69, 9.17) is 0 Å². The van der Waals surface area contributed by atoms with Crippen LogP contribution in [0, 0.1) is 12.3 Å². The van der Waals surface area contributed by atoms with Gasteiger partial charge in [0.15, 0.2) is 0 Å². The fraction of sp³-hybridized carbons (Fsp3) is 0.786. The van der Waals surface area contributed by atoms with Crippen LogP contribution in [0.1, 0.15) is 43.7 Å². The Bertz CT molecular complexity index is 370. The molecule has 2 nitrogen and oxygen atoms in total. The second-order valence-electron chi connectivity index (χ2n) is 6.15. The molecule has 96 valence electrons. The second-order valence-corrected chi connectivity index (χ2v) is 7.09. The lowest BCUT2D eigenvalue weighted by Gasteiger charge is -2.25. The molecule has 1 aromatic rings. The number of hydrogen-bond acceptors (Lipinski definition) is 3. The van der Waals surface area contributed by atoms with Gasteiger partial charge in [0.25, 0.3) is 0 Å². The lowest BCUT2D eigenvalue weighted by Crippen LogP contribution is -2.32. The molecule has 0 amide bonds. The normalized spacial score (nSPS) is 23.5. The van der Waals surface area contributed by atoms with Crippen LogP contribution in [0.3, 0.4) is 0 Å². The number of nitrogens with zero attached hydrogens (tertiary/aromatic N) is 2. The van der Waals surface area contributed by atoms with E-state index in [1.54, 1.807) is 11.3 Å². The van der Waals surface area contributed by atoms with E-state index in [0.717, 1.165) is 12.5 Å². The molecule has 0 N–H and O–H groups in total. The van der Waals surface area contributed by atoms with Gasteiger partial charge in [0.05, 0.1) is 11.2 Å². The molecule has 1 fully saturated rings. The number of likely N-dealkylation sites (N-methyl/N-ethyl adjacent to an activating group) is 1. The molecule has 1 aromatic heterocycles. The van der Waals surface area contributed by atoms with E-state index in [1.807, 2.05) is 5.51 Å². The first-order chi connectivity index (χ1) is 7.98. The van der Waals surface area contributed by atoms with E-state index in [9.17, 15) is 0 Å². The molecule has 0 radical (unpaired) electrons. The quantitative estimate of drug-likeness (QED) is 0.815. The fourth-order valence-electron chi connectivity index (χ4n) is 2.80. The van der Waals surface area contributed by atoms with Crippen LogP contribution < -0.4 is 0 Å². The first-order valence-electron chi connectivity index (χ1n) is 6.57. The Labute approximate surface area is 109 Å². The Morgan fingerprint density at radius 1 is 1.53 bits per heavy atom. The van der Waals surface area contributed by atoms with Gasteiger partial charge in [0.2, 0.25) is 0 Å². The first kappa shape index (κ1) is 13.0. The van der Waals surface area contributed by atoms with Crippen LogP contribution in [-0.2, 0) is 6.42 Å².